The van der Waals surface area contributed by atoms with Gasteiger partial charge in [0.1, 0.15) is 0 Å². The fourth-order valence-electron chi connectivity index (χ4n) is 2.74. The smallest absolute Gasteiger partial charge is 0.167 e. The van der Waals surface area contributed by atoms with Crippen molar-refractivity contribution < 1.29 is 4.79 Å². The second-order valence-electron chi connectivity index (χ2n) is 5.35. The first-order chi connectivity index (χ1) is 8.74. The first-order valence-electron chi connectivity index (χ1n) is 6.61. The van der Waals surface area contributed by atoms with Crippen LogP contribution >= 0.6 is 11.3 Å². The normalized spacial score (nSPS) is 24.3. The van der Waals surface area contributed by atoms with Crippen LogP contribution < -0.4 is 0 Å². The Morgan fingerprint density at radius 2 is 2.11 bits per heavy atom. The number of hydrogen-bond acceptors (Lipinski definition) is 3. The van der Waals surface area contributed by atoms with E-state index in [9.17, 15) is 4.79 Å². The molecule has 3 heteroatoms. The second-order valence-corrected chi connectivity index (χ2v) is 6.30. The van der Waals surface area contributed by atoms with Gasteiger partial charge in [0.2, 0.25) is 0 Å². The van der Waals surface area contributed by atoms with Crippen LogP contribution in [0, 0.1) is 11.8 Å². The van der Waals surface area contributed by atoms with E-state index in [1.807, 2.05) is 17.5 Å². The number of carbonyl (C=O) groups is 1. The van der Waals surface area contributed by atoms with Crippen LogP contribution in [0.4, 0.5) is 0 Å². The van der Waals surface area contributed by atoms with Crippen molar-refractivity contribution in [3.05, 3.63) is 29.3 Å². The molecule has 0 amide bonds. The van der Waals surface area contributed by atoms with Crippen molar-refractivity contribution in [2.75, 3.05) is 0 Å². The molecule has 0 spiro atoms. The Bertz CT molecular complexity index is 567. The second kappa shape index (κ2) is 4.81. The lowest BCUT2D eigenvalue weighted by atomic mass is 9.79. The van der Waals surface area contributed by atoms with Gasteiger partial charge in [0.25, 0.3) is 0 Å². The van der Waals surface area contributed by atoms with Gasteiger partial charge in [-0.05, 0) is 36.3 Å². The van der Waals surface area contributed by atoms with Crippen LogP contribution in [0.5, 0.6) is 0 Å². The van der Waals surface area contributed by atoms with Crippen LogP contribution in [0.25, 0.3) is 10.2 Å². The van der Waals surface area contributed by atoms with E-state index in [2.05, 4.69) is 11.9 Å². The van der Waals surface area contributed by atoms with E-state index in [4.69, 9.17) is 0 Å². The van der Waals surface area contributed by atoms with Crippen molar-refractivity contribution in [3.8, 4) is 0 Å². The maximum atomic E-state index is 12.4. The molecule has 0 aromatic carbocycles. The molecule has 1 aliphatic rings. The molecule has 2 aromatic rings. The van der Waals surface area contributed by atoms with Crippen LogP contribution in [0.2, 0.25) is 0 Å². The number of ketones is 1. The molecule has 2 nitrogen and oxygen atoms in total. The molecule has 2 heterocycles. The van der Waals surface area contributed by atoms with Gasteiger partial charge in [-0.15, -0.1) is 11.3 Å². The predicted molar refractivity (Wildman–Crippen MR) is 75.1 cm³/mol. The number of thiophene rings is 1. The highest BCUT2D eigenvalue weighted by atomic mass is 32.1. The third-order valence-corrected chi connectivity index (χ3v) is 4.83. The highest BCUT2D eigenvalue weighted by Crippen LogP contribution is 2.31. The molecule has 2 aromatic heterocycles. The number of rotatable bonds is 2. The molecule has 18 heavy (non-hydrogen) atoms. The lowest BCUT2D eigenvalue weighted by Crippen LogP contribution is -2.21. The molecule has 0 N–H and O–H groups in total. The third kappa shape index (κ3) is 2.19. The summed E-state index contributed by atoms with van der Waals surface area (Å²) < 4.78 is 1.12. The zero-order valence-electron chi connectivity index (χ0n) is 10.6. The van der Waals surface area contributed by atoms with Gasteiger partial charge in [-0.1, -0.05) is 19.8 Å². The Labute approximate surface area is 111 Å². The van der Waals surface area contributed by atoms with Crippen LogP contribution in [-0.2, 0) is 0 Å². The zero-order chi connectivity index (χ0) is 12.5. The van der Waals surface area contributed by atoms with E-state index in [1.165, 1.54) is 12.8 Å². The number of nitrogens with zero attached hydrogens (tertiary/aromatic N) is 1. The van der Waals surface area contributed by atoms with Crippen molar-refractivity contribution >= 4 is 27.3 Å². The highest BCUT2D eigenvalue weighted by Gasteiger charge is 2.25. The minimum atomic E-state index is 0.223. The number of carbonyl (C=O) groups excluding carboxylic acids is 1. The topological polar surface area (TPSA) is 30.0 Å². The molecular weight excluding hydrogens is 242 g/mol. The van der Waals surface area contributed by atoms with Crippen molar-refractivity contribution in [2.24, 2.45) is 11.8 Å². The summed E-state index contributed by atoms with van der Waals surface area (Å²) in [7, 11) is 0. The quantitative estimate of drug-likeness (QED) is 0.752. The van der Waals surface area contributed by atoms with Gasteiger partial charge in [-0.3, -0.25) is 9.78 Å². The minimum absolute atomic E-state index is 0.223. The molecule has 94 valence electrons. The summed E-state index contributed by atoms with van der Waals surface area (Å²) in [6.07, 6.45) is 6.20. The first kappa shape index (κ1) is 11.8. The van der Waals surface area contributed by atoms with Crippen LogP contribution in [0.15, 0.2) is 23.7 Å². The van der Waals surface area contributed by atoms with Crippen molar-refractivity contribution in [3.63, 3.8) is 0 Å². The van der Waals surface area contributed by atoms with E-state index < -0.39 is 0 Å². The molecule has 0 saturated heterocycles. The molecule has 1 aliphatic carbocycles. The SMILES string of the molecule is CC1CCC(C(=O)c2cnc3ccsc3c2)CC1. The van der Waals surface area contributed by atoms with Crippen molar-refractivity contribution in [1.82, 2.24) is 4.98 Å². The van der Waals surface area contributed by atoms with Gasteiger partial charge in [0.05, 0.1) is 10.2 Å². The molecule has 0 aliphatic heterocycles. The van der Waals surface area contributed by atoms with Gasteiger partial charge in [-0.2, -0.15) is 0 Å². The van der Waals surface area contributed by atoms with Gasteiger partial charge in [0.15, 0.2) is 5.78 Å². The molecule has 0 radical (unpaired) electrons. The highest BCUT2D eigenvalue weighted by molar-refractivity contribution is 7.17. The summed E-state index contributed by atoms with van der Waals surface area (Å²) in [6, 6.07) is 4.00. The summed E-state index contributed by atoms with van der Waals surface area (Å²) >= 11 is 1.65. The molecule has 0 bridgehead atoms. The van der Waals surface area contributed by atoms with Gasteiger partial charge in [0, 0.05) is 17.7 Å². The predicted octanol–water partition coefficient (Wildman–Crippen LogP) is 4.31. The Hall–Kier alpha value is -1.22. The Morgan fingerprint density at radius 1 is 1.33 bits per heavy atom. The maximum Gasteiger partial charge on any atom is 0.167 e. The first-order valence-corrected chi connectivity index (χ1v) is 7.49. The lowest BCUT2D eigenvalue weighted by molar-refractivity contribution is 0.0875. The van der Waals surface area contributed by atoms with E-state index >= 15 is 0 Å². The maximum absolute atomic E-state index is 12.4. The van der Waals surface area contributed by atoms with E-state index in [0.29, 0.717) is 5.78 Å². The van der Waals surface area contributed by atoms with Crippen LogP contribution in [0.1, 0.15) is 43.0 Å². The summed E-state index contributed by atoms with van der Waals surface area (Å²) in [5.41, 5.74) is 1.79. The lowest BCUT2D eigenvalue weighted by Gasteiger charge is -2.24. The largest absolute Gasteiger partial charge is 0.294 e. The van der Waals surface area contributed by atoms with Gasteiger partial charge >= 0.3 is 0 Å². The van der Waals surface area contributed by atoms with E-state index in [-0.39, 0.29) is 5.92 Å². The van der Waals surface area contributed by atoms with Crippen LogP contribution in [0.3, 0.4) is 0 Å². The standard InChI is InChI=1S/C15H17NOS/c1-10-2-4-11(5-3-10)15(17)12-8-14-13(16-9-12)6-7-18-14/h6-11H,2-5H2,1H3. The summed E-state index contributed by atoms with van der Waals surface area (Å²) in [5, 5.41) is 2.02. The van der Waals surface area contributed by atoms with Crippen molar-refractivity contribution in [2.45, 2.75) is 32.6 Å². The van der Waals surface area contributed by atoms with Gasteiger partial charge < -0.3 is 0 Å². The number of hydrogen-bond donors (Lipinski definition) is 0. The molecule has 0 unspecified atom stereocenters. The van der Waals surface area contributed by atoms with Crippen molar-refractivity contribution in [1.29, 1.82) is 0 Å². The summed E-state index contributed by atoms with van der Waals surface area (Å²) in [4.78, 5) is 16.8. The fraction of sp³-hybridized carbons (Fsp3) is 0.467. The summed E-state index contributed by atoms with van der Waals surface area (Å²) in [6.45, 7) is 2.28. The summed E-state index contributed by atoms with van der Waals surface area (Å²) in [5.74, 6) is 1.30. The Morgan fingerprint density at radius 3 is 2.89 bits per heavy atom. The third-order valence-electron chi connectivity index (χ3n) is 3.97. The molecule has 0 atom stereocenters. The number of pyridine rings is 1. The number of Topliss-reactive ketones (excluding diaryl/α,β-unsaturated/α-hetero) is 1. The monoisotopic (exact) mass is 259 g/mol. The van der Waals surface area contributed by atoms with E-state index in [0.717, 1.165) is 34.5 Å². The Kier molecular flexibility index (Phi) is 3.16. The van der Waals surface area contributed by atoms with Gasteiger partial charge in [-0.25, -0.2) is 0 Å². The average molecular weight is 259 g/mol. The minimum Gasteiger partial charge on any atom is -0.294 e. The number of fused-ring (bicyclic) bond motifs is 1. The van der Waals surface area contributed by atoms with Crippen LogP contribution in [-0.4, -0.2) is 10.8 Å². The number of aromatic nitrogens is 1. The molecule has 3 rings (SSSR count). The molecular formula is C15H17NOS. The van der Waals surface area contributed by atoms with E-state index in [1.54, 1.807) is 17.5 Å². The average Bonchev–Trinajstić information content (AvgIpc) is 2.86. The molecule has 1 saturated carbocycles. The molecule has 1 fully saturated rings. The zero-order valence-corrected chi connectivity index (χ0v) is 11.4. The fourth-order valence-corrected chi connectivity index (χ4v) is 3.52. The Balaban J connectivity index is 1.82.